The van der Waals surface area contributed by atoms with E-state index in [1.807, 2.05) is 60.7 Å². The summed E-state index contributed by atoms with van der Waals surface area (Å²) in [6.45, 7) is 4.26. The van der Waals surface area contributed by atoms with E-state index in [1.54, 1.807) is 0 Å². The summed E-state index contributed by atoms with van der Waals surface area (Å²) < 4.78 is 25.2. The number of hydrogen-bond acceptors (Lipinski definition) is 4. The largest absolute Gasteiger partial charge is 0.342 e. The Morgan fingerprint density at radius 1 is 0.577 bits per heavy atom. The molecular weight excluding hydrogens is 328 g/mol. The molecule has 0 amide bonds. The van der Waals surface area contributed by atoms with Gasteiger partial charge in [0.05, 0.1) is 12.2 Å². The van der Waals surface area contributed by atoms with Crippen molar-refractivity contribution in [2.75, 3.05) is 0 Å². The molecule has 4 nitrogen and oxygen atoms in total. The molecule has 6 atom stereocenters. The van der Waals surface area contributed by atoms with Crippen LogP contribution in [0.2, 0.25) is 0 Å². The maximum atomic E-state index is 6.32. The van der Waals surface area contributed by atoms with Gasteiger partial charge in [-0.15, -0.1) is 0 Å². The molecule has 0 aromatic heterocycles. The van der Waals surface area contributed by atoms with Gasteiger partial charge in [0.2, 0.25) is 0 Å². The fourth-order valence-electron chi connectivity index (χ4n) is 3.77. The Bertz CT molecular complexity index is 628. The van der Waals surface area contributed by atoms with E-state index >= 15 is 0 Å². The standard InChI is InChI=1S/C22H26O4/c1-3-17-19-20(26-21(23-17)15-11-7-5-8-12-15)18(4-2)24-22(25-19)16-13-9-6-10-14-16/h5-14,17-22H,3-4H2,1-2H3/t17-,18?,19?,20?,21-,22?/m0/s1. The maximum Gasteiger partial charge on any atom is 0.184 e. The molecule has 0 saturated carbocycles. The highest BCUT2D eigenvalue weighted by Crippen LogP contribution is 2.41. The molecule has 2 aliphatic rings. The summed E-state index contributed by atoms with van der Waals surface area (Å²) in [5, 5.41) is 0. The van der Waals surface area contributed by atoms with Crippen LogP contribution in [-0.4, -0.2) is 24.4 Å². The molecule has 138 valence electrons. The first-order valence-electron chi connectivity index (χ1n) is 9.52. The van der Waals surface area contributed by atoms with Crippen LogP contribution in [0, 0.1) is 0 Å². The Kier molecular flexibility index (Phi) is 5.36. The average Bonchev–Trinajstić information content (AvgIpc) is 2.73. The first kappa shape index (κ1) is 17.7. The van der Waals surface area contributed by atoms with Gasteiger partial charge in [0, 0.05) is 11.1 Å². The van der Waals surface area contributed by atoms with E-state index in [-0.39, 0.29) is 37.0 Å². The van der Waals surface area contributed by atoms with Crippen molar-refractivity contribution in [1.29, 1.82) is 0 Å². The number of ether oxygens (including phenoxy) is 4. The van der Waals surface area contributed by atoms with E-state index in [0.717, 1.165) is 24.0 Å². The maximum absolute atomic E-state index is 6.32. The predicted octanol–water partition coefficient (Wildman–Crippen LogP) is 4.77. The summed E-state index contributed by atoms with van der Waals surface area (Å²) in [5.74, 6) is 0. The summed E-state index contributed by atoms with van der Waals surface area (Å²) in [7, 11) is 0. The molecule has 0 spiro atoms. The summed E-state index contributed by atoms with van der Waals surface area (Å²) in [6, 6.07) is 20.2. The molecule has 4 heteroatoms. The van der Waals surface area contributed by atoms with E-state index in [0.29, 0.717) is 0 Å². The normalized spacial score (nSPS) is 34.2. The van der Waals surface area contributed by atoms with Crippen LogP contribution in [0.4, 0.5) is 0 Å². The second-order valence-corrected chi connectivity index (χ2v) is 6.85. The van der Waals surface area contributed by atoms with Crippen LogP contribution < -0.4 is 0 Å². The van der Waals surface area contributed by atoms with Crippen LogP contribution in [0.3, 0.4) is 0 Å². The molecular formula is C22H26O4. The van der Waals surface area contributed by atoms with E-state index in [2.05, 4.69) is 13.8 Å². The topological polar surface area (TPSA) is 36.9 Å². The quantitative estimate of drug-likeness (QED) is 0.792. The monoisotopic (exact) mass is 354 g/mol. The summed E-state index contributed by atoms with van der Waals surface area (Å²) in [6.07, 6.45) is 0.658. The molecule has 2 heterocycles. The minimum absolute atomic E-state index is 0.0249. The van der Waals surface area contributed by atoms with Gasteiger partial charge in [-0.1, -0.05) is 74.5 Å². The molecule has 0 radical (unpaired) electrons. The van der Waals surface area contributed by atoms with Gasteiger partial charge in [0.1, 0.15) is 12.2 Å². The highest BCUT2D eigenvalue weighted by Gasteiger charge is 2.48. The lowest BCUT2D eigenvalue weighted by Gasteiger charge is -2.49. The number of rotatable bonds is 4. The fourth-order valence-corrected chi connectivity index (χ4v) is 3.77. The third-order valence-corrected chi connectivity index (χ3v) is 5.16. The zero-order chi connectivity index (χ0) is 17.9. The van der Waals surface area contributed by atoms with Crippen LogP contribution >= 0.6 is 0 Å². The lowest BCUT2D eigenvalue weighted by atomic mass is 9.95. The van der Waals surface area contributed by atoms with Gasteiger partial charge in [-0.05, 0) is 12.8 Å². The Balaban J connectivity index is 1.59. The highest BCUT2D eigenvalue weighted by atomic mass is 16.8. The molecule has 4 rings (SSSR count). The number of fused-ring (bicyclic) bond motifs is 1. The first-order chi connectivity index (χ1) is 12.8. The molecule has 2 aromatic rings. The zero-order valence-corrected chi connectivity index (χ0v) is 15.3. The molecule has 2 fully saturated rings. The third-order valence-electron chi connectivity index (χ3n) is 5.16. The Morgan fingerprint density at radius 3 is 1.31 bits per heavy atom. The fraction of sp³-hybridized carbons (Fsp3) is 0.455. The zero-order valence-electron chi connectivity index (χ0n) is 15.3. The third kappa shape index (κ3) is 3.42. The lowest BCUT2D eigenvalue weighted by Crippen LogP contribution is -2.57. The predicted molar refractivity (Wildman–Crippen MR) is 98.4 cm³/mol. The molecule has 2 aromatic carbocycles. The van der Waals surface area contributed by atoms with Crippen molar-refractivity contribution in [2.45, 2.75) is 63.7 Å². The van der Waals surface area contributed by atoms with E-state index in [9.17, 15) is 0 Å². The van der Waals surface area contributed by atoms with Crippen molar-refractivity contribution < 1.29 is 18.9 Å². The van der Waals surface area contributed by atoms with Crippen molar-refractivity contribution in [3.05, 3.63) is 71.8 Å². The second-order valence-electron chi connectivity index (χ2n) is 6.85. The van der Waals surface area contributed by atoms with E-state index in [4.69, 9.17) is 18.9 Å². The van der Waals surface area contributed by atoms with Crippen LogP contribution in [0.15, 0.2) is 60.7 Å². The summed E-state index contributed by atoms with van der Waals surface area (Å²) in [5.41, 5.74) is 2.06. The molecule has 0 N–H and O–H groups in total. The summed E-state index contributed by atoms with van der Waals surface area (Å²) >= 11 is 0. The van der Waals surface area contributed by atoms with Gasteiger partial charge in [-0.3, -0.25) is 0 Å². The minimum atomic E-state index is -0.378. The van der Waals surface area contributed by atoms with Gasteiger partial charge in [0.15, 0.2) is 12.6 Å². The van der Waals surface area contributed by atoms with Gasteiger partial charge in [-0.25, -0.2) is 0 Å². The van der Waals surface area contributed by atoms with Crippen LogP contribution in [0.1, 0.15) is 50.4 Å². The average molecular weight is 354 g/mol. The highest BCUT2D eigenvalue weighted by molar-refractivity contribution is 5.18. The van der Waals surface area contributed by atoms with Gasteiger partial charge >= 0.3 is 0 Å². The SMILES string of the molecule is CCC1OC(c2ccccc2)OC2C1O[C@@H](c1ccccc1)O[C@H]2CC. The lowest BCUT2D eigenvalue weighted by molar-refractivity contribution is -0.382. The smallest absolute Gasteiger partial charge is 0.184 e. The van der Waals surface area contributed by atoms with E-state index < -0.39 is 0 Å². The Hall–Kier alpha value is -1.72. The van der Waals surface area contributed by atoms with Crippen molar-refractivity contribution in [3.8, 4) is 0 Å². The van der Waals surface area contributed by atoms with Crippen molar-refractivity contribution in [1.82, 2.24) is 0 Å². The van der Waals surface area contributed by atoms with Crippen molar-refractivity contribution in [2.24, 2.45) is 0 Å². The van der Waals surface area contributed by atoms with Crippen molar-refractivity contribution in [3.63, 3.8) is 0 Å². The number of hydrogen-bond donors (Lipinski definition) is 0. The molecule has 2 aliphatic heterocycles. The van der Waals surface area contributed by atoms with Crippen molar-refractivity contribution >= 4 is 0 Å². The molecule has 0 bridgehead atoms. The number of benzene rings is 2. The van der Waals surface area contributed by atoms with Crippen LogP contribution in [0.5, 0.6) is 0 Å². The molecule has 4 unspecified atom stereocenters. The first-order valence-corrected chi connectivity index (χ1v) is 9.52. The van der Waals surface area contributed by atoms with Gasteiger partial charge in [0.25, 0.3) is 0 Å². The van der Waals surface area contributed by atoms with Crippen LogP contribution in [-0.2, 0) is 18.9 Å². The molecule has 2 saturated heterocycles. The Morgan fingerprint density at radius 2 is 0.962 bits per heavy atom. The Labute approximate surface area is 155 Å². The summed E-state index contributed by atoms with van der Waals surface area (Å²) in [4.78, 5) is 0. The van der Waals surface area contributed by atoms with Gasteiger partial charge in [-0.2, -0.15) is 0 Å². The molecule has 26 heavy (non-hydrogen) atoms. The van der Waals surface area contributed by atoms with E-state index in [1.165, 1.54) is 0 Å². The van der Waals surface area contributed by atoms with Gasteiger partial charge < -0.3 is 18.9 Å². The minimum Gasteiger partial charge on any atom is -0.342 e. The molecule has 0 aliphatic carbocycles. The van der Waals surface area contributed by atoms with Crippen LogP contribution in [0.25, 0.3) is 0 Å². The second kappa shape index (κ2) is 7.89.